The van der Waals surface area contributed by atoms with Crippen LogP contribution in [0.2, 0.25) is 0 Å². The molecule has 0 aliphatic rings. The summed E-state index contributed by atoms with van der Waals surface area (Å²) >= 11 is 0. The third-order valence-electron chi connectivity index (χ3n) is 8.03. The first kappa shape index (κ1) is 37.6. The van der Waals surface area contributed by atoms with Crippen molar-refractivity contribution in [3.8, 4) is 11.6 Å². The highest BCUT2D eigenvalue weighted by atomic mass is 16.5. The Balaban J connectivity index is 1.80. The van der Waals surface area contributed by atoms with Gasteiger partial charge in [0.2, 0.25) is 11.8 Å². The van der Waals surface area contributed by atoms with Crippen LogP contribution in [-0.2, 0) is 14.4 Å². The van der Waals surface area contributed by atoms with Crippen molar-refractivity contribution in [1.29, 1.82) is 0 Å². The van der Waals surface area contributed by atoms with Gasteiger partial charge in [-0.25, -0.2) is 9.36 Å². The summed E-state index contributed by atoms with van der Waals surface area (Å²) in [6, 6.07) is 3.18. The van der Waals surface area contributed by atoms with Gasteiger partial charge in [0.25, 0.3) is 5.91 Å². The van der Waals surface area contributed by atoms with E-state index in [-0.39, 0.29) is 11.6 Å². The summed E-state index contributed by atoms with van der Waals surface area (Å²) in [5.41, 5.74) is -1.12. The summed E-state index contributed by atoms with van der Waals surface area (Å²) in [5.74, 6) is -1.76. The molecule has 0 radical (unpaired) electrons. The molecule has 1 aromatic carbocycles. The molecule has 1 unspecified atom stereocenters. The number of rotatable bonds is 22. The minimum absolute atomic E-state index is 0.128. The van der Waals surface area contributed by atoms with Gasteiger partial charge in [0, 0.05) is 17.5 Å². The summed E-state index contributed by atoms with van der Waals surface area (Å²) in [6.07, 6.45) is 20.3. The van der Waals surface area contributed by atoms with Crippen LogP contribution in [0, 0.1) is 5.41 Å². The molecule has 0 fully saturated rings. The molecule has 0 saturated heterocycles. The molecule has 0 bridgehead atoms. The number of carbonyl (C=O) groups excluding carboxylic acids is 3. The lowest BCUT2D eigenvalue weighted by molar-refractivity contribution is -0.135. The molecule has 0 spiro atoms. The van der Waals surface area contributed by atoms with Crippen molar-refractivity contribution in [1.82, 2.24) is 9.55 Å². The molecule has 1 atom stereocenters. The Kier molecular flexibility index (Phi) is 16.5. The van der Waals surface area contributed by atoms with Crippen LogP contribution in [0.5, 0.6) is 11.6 Å². The SMILES string of the molecule is CCCCCCCCCCCCCCCCCC(=O)Nc1ccc(OC)c(NC(=O)C(C(=O)C(C)(C)C)n2c(O)c[nH]c2=O)c1. The van der Waals surface area contributed by atoms with Gasteiger partial charge in [0.1, 0.15) is 5.75 Å². The number of ether oxygens (including phenoxy) is 1. The number of hydrogen-bond acceptors (Lipinski definition) is 6. The van der Waals surface area contributed by atoms with E-state index in [0.29, 0.717) is 17.9 Å². The number of benzene rings is 1. The topological polar surface area (TPSA) is 143 Å². The lowest BCUT2D eigenvalue weighted by Gasteiger charge is -2.25. The van der Waals surface area contributed by atoms with E-state index >= 15 is 0 Å². The van der Waals surface area contributed by atoms with E-state index < -0.39 is 34.7 Å². The van der Waals surface area contributed by atoms with Gasteiger partial charge in [-0.3, -0.25) is 14.4 Å². The monoisotopic (exact) mass is 628 g/mol. The number of hydrogen-bond donors (Lipinski definition) is 4. The zero-order valence-corrected chi connectivity index (χ0v) is 28.1. The number of aromatic hydroxyl groups is 1. The molecule has 252 valence electrons. The number of aromatic nitrogens is 2. The summed E-state index contributed by atoms with van der Waals surface area (Å²) in [5, 5.41) is 15.7. The number of unbranched alkanes of at least 4 members (excludes halogenated alkanes) is 14. The molecule has 2 amide bonds. The first-order valence-electron chi connectivity index (χ1n) is 16.8. The number of imidazole rings is 1. The fourth-order valence-corrected chi connectivity index (χ4v) is 5.35. The van der Waals surface area contributed by atoms with E-state index in [1.807, 2.05) is 0 Å². The molecular formula is C35H56N4O6. The van der Waals surface area contributed by atoms with Gasteiger partial charge in [0.05, 0.1) is 19.0 Å². The number of H-pyrrole nitrogens is 1. The normalized spacial score (nSPS) is 12.1. The Labute approximate surface area is 268 Å². The maximum atomic E-state index is 13.4. The zero-order valence-electron chi connectivity index (χ0n) is 28.1. The highest BCUT2D eigenvalue weighted by molar-refractivity contribution is 6.11. The Morgan fingerprint density at radius 2 is 1.40 bits per heavy atom. The lowest BCUT2D eigenvalue weighted by atomic mass is 9.86. The number of amides is 2. The maximum absolute atomic E-state index is 13.4. The summed E-state index contributed by atoms with van der Waals surface area (Å²) in [4.78, 5) is 53.9. The number of nitrogens with zero attached hydrogens (tertiary/aromatic N) is 1. The Bertz CT molecular complexity index is 1260. The summed E-state index contributed by atoms with van der Waals surface area (Å²) in [6.45, 7) is 7.13. The summed E-state index contributed by atoms with van der Waals surface area (Å²) < 4.78 is 6.10. The Morgan fingerprint density at radius 1 is 0.867 bits per heavy atom. The van der Waals surface area contributed by atoms with Crippen molar-refractivity contribution in [3.05, 3.63) is 34.9 Å². The number of methoxy groups -OCH3 is 1. The second-order valence-electron chi connectivity index (χ2n) is 13.0. The number of aromatic amines is 1. The number of Topliss-reactive ketones (excluding diaryl/α,β-unsaturated/α-hetero) is 1. The molecule has 1 heterocycles. The molecule has 10 nitrogen and oxygen atoms in total. The predicted molar refractivity (Wildman–Crippen MR) is 180 cm³/mol. The van der Waals surface area contributed by atoms with Crippen molar-refractivity contribution in [2.45, 2.75) is 136 Å². The average molecular weight is 629 g/mol. The highest BCUT2D eigenvalue weighted by Gasteiger charge is 2.38. The second-order valence-corrected chi connectivity index (χ2v) is 13.0. The first-order chi connectivity index (χ1) is 21.5. The molecule has 2 rings (SSSR count). The molecule has 2 aromatic rings. The average Bonchev–Trinajstić information content (AvgIpc) is 3.32. The Hall–Kier alpha value is -3.56. The van der Waals surface area contributed by atoms with E-state index in [1.54, 1.807) is 39.0 Å². The molecule has 45 heavy (non-hydrogen) atoms. The van der Waals surface area contributed by atoms with Gasteiger partial charge in [-0.05, 0) is 24.6 Å². The van der Waals surface area contributed by atoms with Crippen LogP contribution >= 0.6 is 0 Å². The second kappa shape index (κ2) is 19.7. The third-order valence-corrected chi connectivity index (χ3v) is 8.03. The van der Waals surface area contributed by atoms with Crippen molar-refractivity contribution in [3.63, 3.8) is 0 Å². The number of carbonyl (C=O) groups is 3. The molecule has 0 saturated carbocycles. The van der Waals surface area contributed by atoms with Crippen LogP contribution in [0.15, 0.2) is 29.2 Å². The molecule has 1 aromatic heterocycles. The van der Waals surface area contributed by atoms with Gasteiger partial charge < -0.3 is 25.5 Å². The number of anilines is 2. The van der Waals surface area contributed by atoms with E-state index in [1.165, 1.54) is 84.2 Å². The van der Waals surface area contributed by atoms with Gasteiger partial charge in [-0.2, -0.15) is 0 Å². The van der Waals surface area contributed by atoms with E-state index in [0.717, 1.165) is 30.0 Å². The van der Waals surface area contributed by atoms with Gasteiger partial charge in [0.15, 0.2) is 11.8 Å². The zero-order chi connectivity index (χ0) is 33.2. The van der Waals surface area contributed by atoms with Gasteiger partial charge >= 0.3 is 5.69 Å². The third kappa shape index (κ3) is 13.1. The van der Waals surface area contributed by atoms with Crippen LogP contribution in [0.4, 0.5) is 11.4 Å². The Morgan fingerprint density at radius 3 is 1.87 bits per heavy atom. The van der Waals surface area contributed by atoms with Crippen molar-refractivity contribution in [2.24, 2.45) is 5.41 Å². The highest BCUT2D eigenvalue weighted by Crippen LogP contribution is 2.31. The summed E-state index contributed by atoms with van der Waals surface area (Å²) in [7, 11) is 1.43. The molecule has 10 heteroatoms. The van der Waals surface area contributed by atoms with Crippen molar-refractivity contribution >= 4 is 29.0 Å². The molecule has 4 N–H and O–H groups in total. The first-order valence-corrected chi connectivity index (χ1v) is 16.8. The minimum atomic E-state index is -1.63. The van der Waals surface area contributed by atoms with Crippen LogP contribution < -0.4 is 21.1 Å². The van der Waals surface area contributed by atoms with Gasteiger partial charge in [-0.15, -0.1) is 0 Å². The largest absolute Gasteiger partial charge is 0.495 e. The number of ketones is 1. The smallest absolute Gasteiger partial charge is 0.329 e. The molecular weight excluding hydrogens is 572 g/mol. The van der Waals surface area contributed by atoms with E-state index in [9.17, 15) is 24.3 Å². The van der Waals surface area contributed by atoms with Crippen LogP contribution in [-0.4, -0.2) is 39.4 Å². The molecule has 0 aliphatic carbocycles. The standard InChI is InChI=1S/C35H56N4O6/c1-6-7-8-9-10-11-12-13-14-15-16-17-18-19-20-21-29(40)37-26-22-23-28(45-5)27(24-26)38-33(43)31(32(42)35(2,3)4)39-30(41)25-36-34(39)44/h22-25,31,41H,6-21H2,1-5H3,(H,36,44)(H,37,40)(H,38,43). The molecule has 0 aliphatic heterocycles. The van der Waals surface area contributed by atoms with E-state index in [2.05, 4.69) is 22.5 Å². The number of nitrogens with one attached hydrogen (secondary N) is 3. The predicted octanol–water partition coefficient (Wildman–Crippen LogP) is 7.89. The van der Waals surface area contributed by atoms with Crippen LogP contribution in [0.1, 0.15) is 136 Å². The van der Waals surface area contributed by atoms with Crippen molar-refractivity contribution < 1.29 is 24.2 Å². The van der Waals surface area contributed by atoms with Crippen LogP contribution in [0.3, 0.4) is 0 Å². The maximum Gasteiger partial charge on any atom is 0.329 e. The lowest BCUT2D eigenvalue weighted by Crippen LogP contribution is -2.42. The fraction of sp³-hybridized carbons (Fsp3) is 0.657. The van der Waals surface area contributed by atoms with Gasteiger partial charge in [-0.1, -0.05) is 118 Å². The fourth-order valence-electron chi connectivity index (χ4n) is 5.35. The van der Waals surface area contributed by atoms with Crippen LogP contribution in [0.25, 0.3) is 0 Å². The quantitative estimate of drug-likeness (QED) is 0.0772. The minimum Gasteiger partial charge on any atom is -0.495 e. The van der Waals surface area contributed by atoms with Crippen molar-refractivity contribution in [2.75, 3.05) is 17.7 Å². The van der Waals surface area contributed by atoms with E-state index in [4.69, 9.17) is 4.74 Å².